The number of amides is 2. The number of carbonyl (C=O) groups excluding carboxylic acids is 2. The van der Waals surface area contributed by atoms with E-state index in [4.69, 9.17) is 4.74 Å². The number of nitrogens with zero attached hydrogens (tertiary/aromatic N) is 1. The van der Waals surface area contributed by atoms with E-state index < -0.39 is 6.04 Å². The Hall–Kier alpha value is -2.82. The summed E-state index contributed by atoms with van der Waals surface area (Å²) in [7, 11) is 1.57. The minimum Gasteiger partial charge on any atom is -0.484 e. The molecule has 1 atom stereocenters. The Kier molecular flexibility index (Phi) is 7.86. The molecular weight excluding hydrogens is 340 g/mol. The van der Waals surface area contributed by atoms with Crippen LogP contribution in [0.25, 0.3) is 0 Å². The van der Waals surface area contributed by atoms with E-state index in [1.807, 2.05) is 54.6 Å². The van der Waals surface area contributed by atoms with E-state index in [0.717, 1.165) is 12.0 Å². The summed E-state index contributed by atoms with van der Waals surface area (Å²) in [6.07, 6.45) is 1.63. The summed E-state index contributed by atoms with van der Waals surface area (Å²) in [6.45, 7) is 4.18. The number of carbonyl (C=O) groups is 2. The summed E-state index contributed by atoms with van der Waals surface area (Å²) in [4.78, 5) is 26.4. The van der Waals surface area contributed by atoms with Crippen LogP contribution >= 0.6 is 0 Å². The second-order valence-corrected chi connectivity index (χ2v) is 6.40. The molecule has 0 fully saturated rings. The summed E-state index contributed by atoms with van der Waals surface area (Å²) < 4.78 is 5.64. The topological polar surface area (TPSA) is 58.6 Å². The third-order valence-electron chi connectivity index (χ3n) is 4.59. The molecule has 0 spiro atoms. The maximum Gasteiger partial charge on any atom is 0.261 e. The van der Waals surface area contributed by atoms with Crippen molar-refractivity contribution in [2.75, 3.05) is 20.2 Å². The minimum absolute atomic E-state index is 0.0956. The Morgan fingerprint density at radius 3 is 2.30 bits per heavy atom. The van der Waals surface area contributed by atoms with Crippen LogP contribution in [-0.2, 0) is 22.4 Å². The van der Waals surface area contributed by atoms with Crippen LogP contribution in [0.2, 0.25) is 0 Å². The normalized spacial score (nSPS) is 11.5. The van der Waals surface area contributed by atoms with Crippen LogP contribution in [-0.4, -0.2) is 43.0 Å². The van der Waals surface area contributed by atoms with E-state index >= 15 is 0 Å². The van der Waals surface area contributed by atoms with Gasteiger partial charge in [-0.1, -0.05) is 49.4 Å². The predicted octanol–water partition coefficient (Wildman–Crippen LogP) is 2.83. The molecule has 0 bridgehead atoms. The van der Waals surface area contributed by atoms with Crippen LogP contribution in [0.3, 0.4) is 0 Å². The standard InChI is InChI=1S/C22H28N2O3/c1-4-18-10-12-20(13-11-18)27-16-21(25)24(17(2)22(26)23-3)15-14-19-8-6-5-7-9-19/h5-13,17H,4,14-16H2,1-3H3,(H,23,26)/t17-/m1/s1. The first-order valence-corrected chi connectivity index (χ1v) is 9.31. The van der Waals surface area contributed by atoms with Gasteiger partial charge in [-0.3, -0.25) is 9.59 Å². The van der Waals surface area contributed by atoms with Gasteiger partial charge in [-0.2, -0.15) is 0 Å². The van der Waals surface area contributed by atoms with Crippen molar-refractivity contribution in [2.45, 2.75) is 32.7 Å². The van der Waals surface area contributed by atoms with Crippen molar-refractivity contribution in [3.8, 4) is 5.75 Å². The van der Waals surface area contributed by atoms with Gasteiger partial charge < -0.3 is 15.0 Å². The van der Waals surface area contributed by atoms with E-state index in [0.29, 0.717) is 18.7 Å². The summed E-state index contributed by atoms with van der Waals surface area (Å²) in [5.74, 6) is 0.251. The third kappa shape index (κ3) is 6.13. The Morgan fingerprint density at radius 2 is 1.70 bits per heavy atom. The second kappa shape index (κ2) is 10.4. The van der Waals surface area contributed by atoms with Crippen LogP contribution in [0.5, 0.6) is 5.75 Å². The molecule has 0 aliphatic rings. The SMILES string of the molecule is CCc1ccc(OCC(=O)N(CCc2ccccc2)[C@H](C)C(=O)NC)cc1. The Bertz CT molecular complexity index is 729. The van der Waals surface area contributed by atoms with Gasteiger partial charge in [0.2, 0.25) is 5.91 Å². The first-order chi connectivity index (χ1) is 13.0. The highest BCUT2D eigenvalue weighted by Gasteiger charge is 2.25. The van der Waals surface area contributed by atoms with Gasteiger partial charge in [-0.25, -0.2) is 0 Å². The van der Waals surface area contributed by atoms with Gasteiger partial charge in [0, 0.05) is 13.6 Å². The van der Waals surface area contributed by atoms with Gasteiger partial charge in [0.15, 0.2) is 6.61 Å². The molecule has 2 amide bonds. The molecule has 0 aliphatic carbocycles. The number of likely N-dealkylation sites (N-methyl/N-ethyl adjacent to an activating group) is 1. The Morgan fingerprint density at radius 1 is 1.04 bits per heavy atom. The zero-order valence-corrected chi connectivity index (χ0v) is 16.3. The summed E-state index contributed by atoms with van der Waals surface area (Å²) in [6, 6.07) is 17.1. The van der Waals surface area contributed by atoms with Crippen LogP contribution in [0.1, 0.15) is 25.0 Å². The third-order valence-corrected chi connectivity index (χ3v) is 4.59. The largest absolute Gasteiger partial charge is 0.484 e. The lowest BCUT2D eigenvalue weighted by Crippen LogP contribution is -2.49. The second-order valence-electron chi connectivity index (χ2n) is 6.40. The van der Waals surface area contributed by atoms with Gasteiger partial charge >= 0.3 is 0 Å². The summed E-state index contributed by atoms with van der Waals surface area (Å²) in [5.41, 5.74) is 2.34. The first-order valence-electron chi connectivity index (χ1n) is 9.31. The van der Waals surface area contributed by atoms with Crippen LogP contribution < -0.4 is 10.1 Å². The molecule has 27 heavy (non-hydrogen) atoms. The number of aryl methyl sites for hydroxylation is 1. The fraction of sp³-hybridized carbons (Fsp3) is 0.364. The number of rotatable bonds is 9. The molecule has 144 valence electrons. The quantitative estimate of drug-likeness (QED) is 0.740. The number of benzene rings is 2. The zero-order chi connectivity index (χ0) is 19.6. The average molecular weight is 368 g/mol. The number of hydrogen-bond acceptors (Lipinski definition) is 3. The van der Waals surface area contributed by atoms with E-state index in [2.05, 4.69) is 12.2 Å². The molecule has 5 heteroatoms. The highest BCUT2D eigenvalue weighted by atomic mass is 16.5. The van der Waals surface area contributed by atoms with Crippen molar-refractivity contribution in [3.05, 3.63) is 65.7 Å². The monoisotopic (exact) mass is 368 g/mol. The molecule has 0 unspecified atom stereocenters. The van der Waals surface area contributed by atoms with E-state index in [9.17, 15) is 9.59 Å². The first kappa shape index (κ1) is 20.5. The minimum atomic E-state index is -0.558. The number of ether oxygens (including phenoxy) is 1. The van der Waals surface area contributed by atoms with Crippen molar-refractivity contribution in [3.63, 3.8) is 0 Å². The smallest absolute Gasteiger partial charge is 0.261 e. The van der Waals surface area contributed by atoms with Crippen LogP contribution in [0.15, 0.2) is 54.6 Å². The fourth-order valence-corrected chi connectivity index (χ4v) is 2.83. The highest BCUT2D eigenvalue weighted by Crippen LogP contribution is 2.13. The maximum atomic E-state index is 12.7. The molecule has 0 aliphatic heterocycles. The van der Waals surface area contributed by atoms with Crippen molar-refractivity contribution in [1.82, 2.24) is 10.2 Å². The molecule has 2 aromatic carbocycles. The van der Waals surface area contributed by atoms with Gasteiger partial charge in [-0.05, 0) is 43.0 Å². The molecule has 0 heterocycles. The molecule has 1 N–H and O–H groups in total. The maximum absolute atomic E-state index is 12.7. The van der Waals surface area contributed by atoms with Crippen molar-refractivity contribution >= 4 is 11.8 Å². The van der Waals surface area contributed by atoms with Crippen molar-refractivity contribution in [1.29, 1.82) is 0 Å². The molecule has 0 saturated carbocycles. The molecule has 0 radical (unpaired) electrons. The molecule has 0 aromatic heterocycles. The Balaban J connectivity index is 2.01. The predicted molar refractivity (Wildman–Crippen MR) is 107 cm³/mol. The molecule has 5 nitrogen and oxygen atoms in total. The van der Waals surface area contributed by atoms with Crippen LogP contribution in [0, 0.1) is 0 Å². The molecular formula is C22H28N2O3. The molecule has 0 saturated heterocycles. The average Bonchev–Trinajstić information content (AvgIpc) is 2.72. The van der Waals surface area contributed by atoms with E-state index in [-0.39, 0.29) is 18.4 Å². The Labute approximate surface area is 161 Å². The van der Waals surface area contributed by atoms with Gasteiger partial charge in [0.05, 0.1) is 0 Å². The van der Waals surface area contributed by atoms with Crippen LogP contribution in [0.4, 0.5) is 0 Å². The van der Waals surface area contributed by atoms with Crippen molar-refractivity contribution in [2.24, 2.45) is 0 Å². The fourth-order valence-electron chi connectivity index (χ4n) is 2.83. The number of nitrogens with one attached hydrogen (secondary N) is 1. The molecule has 2 aromatic rings. The van der Waals surface area contributed by atoms with Gasteiger partial charge in [0.1, 0.15) is 11.8 Å². The number of hydrogen-bond donors (Lipinski definition) is 1. The highest BCUT2D eigenvalue weighted by molar-refractivity contribution is 5.87. The summed E-state index contributed by atoms with van der Waals surface area (Å²) >= 11 is 0. The van der Waals surface area contributed by atoms with Gasteiger partial charge in [0.25, 0.3) is 5.91 Å². The van der Waals surface area contributed by atoms with Gasteiger partial charge in [-0.15, -0.1) is 0 Å². The molecule has 2 rings (SSSR count). The lowest BCUT2D eigenvalue weighted by Gasteiger charge is -2.28. The zero-order valence-electron chi connectivity index (χ0n) is 16.3. The lowest BCUT2D eigenvalue weighted by molar-refractivity contribution is -0.141. The van der Waals surface area contributed by atoms with E-state index in [1.165, 1.54) is 5.56 Å². The summed E-state index contributed by atoms with van der Waals surface area (Å²) in [5, 5.41) is 2.61. The van der Waals surface area contributed by atoms with Crippen molar-refractivity contribution < 1.29 is 14.3 Å². The lowest BCUT2D eigenvalue weighted by atomic mass is 10.1. The van der Waals surface area contributed by atoms with E-state index in [1.54, 1.807) is 18.9 Å².